The van der Waals surface area contributed by atoms with E-state index in [2.05, 4.69) is 9.97 Å². The van der Waals surface area contributed by atoms with Crippen LogP contribution in [-0.2, 0) is 4.74 Å². The zero-order valence-electron chi connectivity index (χ0n) is 12.4. The van der Waals surface area contributed by atoms with Crippen molar-refractivity contribution < 1.29 is 23.8 Å². The van der Waals surface area contributed by atoms with Crippen LogP contribution >= 0.6 is 0 Å². The van der Waals surface area contributed by atoms with E-state index in [1.165, 1.54) is 23.4 Å². The smallest absolute Gasteiger partial charge is 0.173 e. The number of hydrogen-bond donors (Lipinski definition) is 3. The number of aliphatic hydroxyl groups is 2. The van der Waals surface area contributed by atoms with Crippen molar-refractivity contribution in [2.45, 2.75) is 24.6 Å². The molecule has 4 heterocycles. The minimum atomic E-state index is -1.72. The Bertz CT molecular complexity index is 866. The highest BCUT2D eigenvalue weighted by molar-refractivity contribution is 6.00. The molecule has 8 nitrogen and oxygen atoms in total. The number of hydrogen-bond acceptors (Lipinski definition) is 7. The summed E-state index contributed by atoms with van der Waals surface area (Å²) in [4.78, 5) is 8.16. The number of halogens is 1. The molecule has 1 saturated heterocycles. The number of rotatable bonds is 3. The van der Waals surface area contributed by atoms with Crippen molar-refractivity contribution >= 4 is 16.9 Å². The van der Waals surface area contributed by atoms with Crippen LogP contribution in [0.2, 0.25) is 0 Å². The average Bonchev–Trinajstić information content (AvgIpc) is 3.28. The minimum Gasteiger partial charge on any atom is -0.472 e. The van der Waals surface area contributed by atoms with Gasteiger partial charge < -0.3 is 29.7 Å². The Hall–Kier alpha value is -2.49. The van der Waals surface area contributed by atoms with Gasteiger partial charge in [0.1, 0.15) is 30.0 Å². The molecule has 4 atom stereocenters. The predicted octanol–water partition coefficient (Wildman–Crippen LogP) is 0.862. The van der Waals surface area contributed by atoms with Crippen LogP contribution in [0.15, 0.2) is 35.5 Å². The lowest BCUT2D eigenvalue weighted by atomic mass is 10.1. The van der Waals surface area contributed by atoms with Crippen LogP contribution in [0, 0.1) is 0 Å². The van der Waals surface area contributed by atoms with Crippen molar-refractivity contribution in [3.63, 3.8) is 0 Å². The molecule has 3 aromatic heterocycles. The number of furan rings is 1. The number of aliphatic hydroxyl groups excluding tert-OH is 2. The maximum atomic E-state index is 14.5. The van der Waals surface area contributed by atoms with Gasteiger partial charge in [-0.15, -0.1) is 0 Å². The fraction of sp³-hybridized carbons (Fsp3) is 0.333. The van der Waals surface area contributed by atoms with E-state index in [4.69, 9.17) is 14.9 Å². The van der Waals surface area contributed by atoms with Crippen LogP contribution in [0.3, 0.4) is 0 Å². The summed E-state index contributed by atoms with van der Waals surface area (Å²) in [5.41, 5.74) is 7.74. The van der Waals surface area contributed by atoms with E-state index in [-0.39, 0.29) is 5.82 Å². The average molecular weight is 334 g/mol. The second-order valence-electron chi connectivity index (χ2n) is 5.60. The lowest BCUT2D eigenvalue weighted by molar-refractivity contribution is -0.0457. The predicted molar refractivity (Wildman–Crippen MR) is 81.5 cm³/mol. The molecule has 1 aliphatic heterocycles. The van der Waals surface area contributed by atoms with Gasteiger partial charge in [-0.05, 0) is 6.07 Å². The zero-order valence-corrected chi connectivity index (χ0v) is 12.4. The number of fused-ring (bicyclic) bond motifs is 1. The molecule has 9 heteroatoms. The Balaban J connectivity index is 1.90. The van der Waals surface area contributed by atoms with Crippen molar-refractivity contribution in [2.75, 3.05) is 12.3 Å². The summed E-state index contributed by atoms with van der Waals surface area (Å²) in [6.07, 6.45) is 0.668. The maximum Gasteiger partial charge on any atom is 0.173 e. The molecule has 0 amide bonds. The number of anilines is 1. The van der Waals surface area contributed by atoms with Crippen LogP contribution in [0.25, 0.3) is 22.2 Å². The second-order valence-corrected chi connectivity index (χ2v) is 5.60. The number of ether oxygens (including phenoxy) is 1. The quantitative estimate of drug-likeness (QED) is 0.650. The third-order valence-corrected chi connectivity index (χ3v) is 4.22. The minimum absolute atomic E-state index is 0.239. The topological polar surface area (TPSA) is 120 Å². The van der Waals surface area contributed by atoms with Crippen molar-refractivity contribution in [2.24, 2.45) is 0 Å². The van der Waals surface area contributed by atoms with Crippen LogP contribution in [0.5, 0.6) is 0 Å². The van der Waals surface area contributed by atoms with Crippen LogP contribution in [0.1, 0.15) is 6.23 Å². The molecule has 0 radical (unpaired) electrons. The van der Waals surface area contributed by atoms with Crippen LogP contribution in [-0.4, -0.2) is 49.7 Å². The molecule has 0 unspecified atom stereocenters. The molecule has 0 spiro atoms. The molecule has 126 valence electrons. The molecular weight excluding hydrogens is 319 g/mol. The number of nitrogen functional groups attached to an aromatic ring is 1. The number of alkyl halides is 1. The van der Waals surface area contributed by atoms with Gasteiger partial charge in [-0.1, -0.05) is 0 Å². The molecule has 1 aliphatic rings. The Kier molecular flexibility index (Phi) is 3.48. The van der Waals surface area contributed by atoms with E-state index in [0.717, 1.165) is 5.56 Å². The summed E-state index contributed by atoms with van der Waals surface area (Å²) in [5, 5.41) is 19.6. The second kappa shape index (κ2) is 5.55. The molecule has 0 saturated carbocycles. The normalized spacial score (nSPS) is 27.1. The number of nitrogens with two attached hydrogens (primary N) is 1. The van der Waals surface area contributed by atoms with Gasteiger partial charge in [-0.25, -0.2) is 14.4 Å². The third-order valence-electron chi connectivity index (χ3n) is 4.22. The van der Waals surface area contributed by atoms with E-state index >= 15 is 0 Å². The molecule has 0 bridgehead atoms. The molecule has 0 aliphatic carbocycles. The van der Waals surface area contributed by atoms with Crippen molar-refractivity contribution in [1.29, 1.82) is 0 Å². The Morgan fingerprint density at radius 2 is 2.21 bits per heavy atom. The standard InChI is InChI=1S/C15H15FN4O4/c16-11-12(22)9(4-21)24-15(11)20-3-8(7-1-2-23-5-7)10-13(17)18-6-19-14(10)20/h1-3,5-6,9,11-12,15,21-22H,4H2,(H2,17,18,19)/t9-,11+,12-,15-/m1/s1. The van der Waals surface area contributed by atoms with Gasteiger partial charge in [-0.2, -0.15) is 0 Å². The highest BCUT2D eigenvalue weighted by Gasteiger charge is 2.45. The van der Waals surface area contributed by atoms with Gasteiger partial charge in [0, 0.05) is 17.3 Å². The van der Waals surface area contributed by atoms with Gasteiger partial charge in [0.2, 0.25) is 0 Å². The van der Waals surface area contributed by atoms with Gasteiger partial charge >= 0.3 is 0 Å². The van der Waals surface area contributed by atoms with E-state index in [9.17, 15) is 14.6 Å². The first-order chi connectivity index (χ1) is 11.6. The Morgan fingerprint density at radius 1 is 1.38 bits per heavy atom. The van der Waals surface area contributed by atoms with Gasteiger partial charge in [0.05, 0.1) is 24.5 Å². The molecule has 24 heavy (non-hydrogen) atoms. The lowest BCUT2D eigenvalue weighted by Crippen LogP contribution is -2.30. The van der Waals surface area contributed by atoms with Crippen molar-refractivity contribution in [3.8, 4) is 11.1 Å². The van der Waals surface area contributed by atoms with Crippen LogP contribution in [0.4, 0.5) is 10.2 Å². The van der Waals surface area contributed by atoms with Crippen LogP contribution < -0.4 is 5.73 Å². The summed E-state index contributed by atoms with van der Waals surface area (Å²) in [6, 6.07) is 1.74. The molecule has 1 fully saturated rings. The zero-order chi connectivity index (χ0) is 16.8. The fourth-order valence-corrected chi connectivity index (χ4v) is 3.02. The lowest BCUT2D eigenvalue weighted by Gasteiger charge is -2.15. The summed E-state index contributed by atoms with van der Waals surface area (Å²) < 4.78 is 26.5. The first kappa shape index (κ1) is 15.1. The molecule has 0 aromatic carbocycles. The fourth-order valence-electron chi connectivity index (χ4n) is 3.02. The summed E-state index contributed by atoms with van der Waals surface area (Å²) >= 11 is 0. The number of nitrogens with zero attached hydrogens (tertiary/aromatic N) is 3. The van der Waals surface area contributed by atoms with Gasteiger partial charge in [0.25, 0.3) is 0 Å². The monoisotopic (exact) mass is 334 g/mol. The Morgan fingerprint density at radius 3 is 2.88 bits per heavy atom. The summed E-state index contributed by atoms with van der Waals surface area (Å²) in [6.45, 7) is -0.483. The summed E-state index contributed by atoms with van der Waals surface area (Å²) in [7, 11) is 0. The van der Waals surface area contributed by atoms with E-state index < -0.39 is 31.2 Å². The maximum absolute atomic E-state index is 14.5. The largest absolute Gasteiger partial charge is 0.472 e. The van der Waals surface area contributed by atoms with E-state index in [0.29, 0.717) is 16.6 Å². The highest BCUT2D eigenvalue weighted by Crippen LogP contribution is 2.39. The SMILES string of the molecule is Nc1ncnc2c1c(-c1ccoc1)cn2[C@@H]1O[C@H](CO)[C@@H](O)[C@@H]1F. The van der Waals surface area contributed by atoms with Crippen molar-refractivity contribution in [1.82, 2.24) is 14.5 Å². The first-order valence-electron chi connectivity index (χ1n) is 7.34. The van der Waals surface area contributed by atoms with Gasteiger partial charge in [-0.3, -0.25) is 0 Å². The Labute approximate surface area is 135 Å². The first-order valence-corrected chi connectivity index (χ1v) is 7.34. The van der Waals surface area contributed by atoms with Gasteiger partial charge in [0.15, 0.2) is 12.4 Å². The molecule has 3 aromatic rings. The third kappa shape index (κ3) is 2.09. The molecular formula is C15H15FN4O4. The van der Waals surface area contributed by atoms with Crippen molar-refractivity contribution in [3.05, 3.63) is 31.1 Å². The highest BCUT2D eigenvalue weighted by atomic mass is 19.1. The van der Waals surface area contributed by atoms with E-state index in [1.54, 1.807) is 12.3 Å². The number of aromatic nitrogens is 3. The molecule has 4 rings (SSSR count). The summed E-state index contributed by atoms with van der Waals surface area (Å²) in [5.74, 6) is 0.239. The van der Waals surface area contributed by atoms with E-state index in [1.807, 2.05) is 0 Å². The molecule has 4 N–H and O–H groups in total.